The molecule has 0 spiro atoms. The van der Waals surface area contributed by atoms with Crippen LogP contribution in [0.3, 0.4) is 0 Å². The molecule has 0 radical (unpaired) electrons. The second kappa shape index (κ2) is 5.54. The van der Waals surface area contributed by atoms with Gasteiger partial charge in [0.15, 0.2) is 5.82 Å². The average molecular weight is 261 g/mol. The van der Waals surface area contributed by atoms with Crippen LogP contribution in [0.2, 0.25) is 0 Å². The highest BCUT2D eigenvalue weighted by Crippen LogP contribution is 2.14. The van der Waals surface area contributed by atoms with Gasteiger partial charge in [-0.1, -0.05) is 0 Å². The predicted octanol–water partition coefficient (Wildman–Crippen LogP) is 0.782. The fraction of sp³-hybridized carbons (Fsp3) is 0.538. The molecule has 0 saturated carbocycles. The summed E-state index contributed by atoms with van der Waals surface area (Å²) in [7, 11) is 0. The number of rotatable bonds is 4. The van der Waals surface area contributed by atoms with Crippen LogP contribution in [0.15, 0.2) is 18.5 Å². The van der Waals surface area contributed by atoms with Crippen molar-refractivity contribution in [1.29, 1.82) is 0 Å². The fourth-order valence-electron chi connectivity index (χ4n) is 2.34. The van der Waals surface area contributed by atoms with Crippen molar-refractivity contribution < 1.29 is 4.74 Å². The van der Waals surface area contributed by atoms with Crippen molar-refractivity contribution >= 4 is 11.3 Å². The first kappa shape index (κ1) is 12.4. The lowest BCUT2D eigenvalue weighted by Crippen LogP contribution is -2.39. The van der Waals surface area contributed by atoms with E-state index in [1.165, 1.54) is 0 Å². The molecule has 6 nitrogen and oxygen atoms in total. The summed E-state index contributed by atoms with van der Waals surface area (Å²) >= 11 is 0. The van der Waals surface area contributed by atoms with Gasteiger partial charge in [0, 0.05) is 38.6 Å². The Labute approximate surface area is 112 Å². The summed E-state index contributed by atoms with van der Waals surface area (Å²) in [5.74, 6) is 0.899. The van der Waals surface area contributed by atoms with Gasteiger partial charge in [-0.15, -0.1) is 0 Å². The number of ether oxygens (including phenoxy) is 1. The molecule has 1 aliphatic rings. The zero-order chi connectivity index (χ0) is 13.1. The highest BCUT2D eigenvalue weighted by Gasteiger charge is 2.10. The van der Waals surface area contributed by atoms with Crippen molar-refractivity contribution in [2.45, 2.75) is 6.92 Å². The van der Waals surface area contributed by atoms with Crippen molar-refractivity contribution in [1.82, 2.24) is 19.5 Å². The van der Waals surface area contributed by atoms with E-state index >= 15 is 0 Å². The Morgan fingerprint density at radius 1 is 1.37 bits per heavy atom. The third kappa shape index (κ3) is 2.85. The lowest BCUT2D eigenvalue weighted by Gasteiger charge is -2.26. The van der Waals surface area contributed by atoms with Crippen molar-refractivity contribution in [3.05, 3.63) is 24.2 Å². The maximum absolute atomic E-state index is 5.34. The van der Waals surface area contributed by atoms with Gasteiger partial charge in [0.05, 0.1) is 18.9 Å². The molecular formula is C13H19N5O. The van der Waals surface area contributed by atoms with Crippen LogP contribution in [0.5, 0.6) is 0 Å². The van der Waals surface area contributed by atoms with Gasteiger partial charge in [0.2, 0.25) is 0 Å². The Morgan fingerprint density at radius 2 is 2.21 bits per heavy atom. The maximum Gasteiger partial charge on any atom is 0.152 e. The zero-order valence-corrected chi connectivity index (χ0v) is 11.2. The number of aromatic nitrogens is 3. The molecule has 1 saturated heterocycles. The SMILES string of the molecule is Cc1cc2c(NCCN3CCOCC3)nccn2n1. The standard InChI is InChI=1S/C13H19N5O/c1-11-10-12-13(15-3-5-18(12)16-11)14-2-4-17-6-8-19-9-7-17/h3,5,10H,2,4,6-9H2,1H3,(H,14,15). The van der Waals surface area contributed by atoms with Crippen molar-refractivity contribution in [2.75, 3.05) is 44.7 Å². The van der Waals surface area contributed by atoms with Crippen LogP contribution in [0.25, 0.3) is 5.52 Å². The van der Waals surface area contributed by atoms with Gasteiger partial charge in [-0.05, 0) is 13.0 Å². The molecule has 3 rings (SSSR count). The van der Waals surface area contributed by atoms with Crippen LogP contribution in [-0.4, -0.2) is 58.9 Å². The molecule has 6 heteroatoms. The third-order valence-electron chi connectivity index (χ3n) is 3.34. The first-order valence-electron chi connectivity index (χ1n) is 6.68. The lowest BCUT2D eigenvalue weighted by atomic mass is 10.4. The Balaban J connectivity index is 1.61. The van der Waals surface area contributed by atoms with E-state index in [0.717, 1.165) is 56.4 Å². The molecule has 1 aliphatic heterocycles. The minimum atomic E-state index is 0.843. The molecule has 1 N–H and O–H groups in total. The first-order valence-corrected chi connectivity index (χ1v) is 6.68. The van der Waals surface area contributed by atoms with Gasteiger partial charge in [-0.2, -0.15) is 5.10 Å². The van der Waals surface area contributed by atoms with Crippen LogP contribution >= 0.6 is 0 Å². The summed E-state index contributed by atoms with van der Waals surface area (Å²) in [6.07, 6.45) is 3.64. The minimum absolute atomic E-state index is 0.843. The molecule has 3 heterocycles. The van der Waals surface area contributed by atoms with E-state index in [9.17, 15) is 0 Å². The normalized spacial score (nSPS) is 16.9. The molecule has 0 amide bonds. The summed E-state index contributed by atoms with van der Waals surface area (Å²) in [5, 5.41) is 7.78. The van der Waals surface area contributed by atoms with Crippen LogP contribution in [0, 0.1) is 6.92 Å². The number of morpholine rings is 1. The van der Waals surface area contributed by atoms with Crippen molar-refractivity contribution in [3.8, 4) is 0 Å². The summed E-state index contributed by atoms with van der Waals surface area (Å²) in [4.78, 5) is 6.79. The minimum Gasteiger partial charge on any atom is -0.379 e. The highest BCUT2D eigenvalue weighted by molar-refractivity contribution is 5.67. The van der Waals surface area contributed by atoms with E-state index in [0.29, 0.717) is 0 Å². The summed E-state index contributed by atoms with van der Waals surface area (Å²) in [6.45, 7) is 7.61. The Morgan fingerprint density at radius 3 is 3.05 bits per heavy atom. The number of fused-ring (bicyclic) bond motifs is 1. The Bertz CT molecular complexity index is 547. The summed E-state index contributed by atoms with van der Waals surface area (Å²) < 4.78 is 7.20. The number of hydrogen-bond donors (Lipinski definition) is 1. The largest absolute Gasteiger partial charge is 0.379 e. The van der Waals surface area contributed by atoms with Crippen molar-refractivity contribution in [2.24, 2.45) is 0 Å². The van der Waals surface area contributed by atoms with Crippen LogP contribution in [0.1, 0.15) is 5.69 Å². The maximum atomic E-state index is 5.34. The molecule has 1 fully saturated rings. The van der Waals surface area contributed by atoms with E-state index in [4.69, 9.17) is 4.74 Å². The molecule has 0 unspecified atom stereocenters. The monoisotopic (exact) mass is 261 g/mol. The van der Waals surface area contributed by atoms with Crippen LogP contribution < -0.4 is 5.32 Å². The molecule has 0 aromatic carbocycles. The molecule has 2 aromatic heterocycles. The van der Waals surface area contributed by atoms with E-state index in [-0.39, 0.29) is 0 Å². The second-order valence-corrected chi connectivity index (χ2v) is 4.77. The van der Waals surface area contributed by atoms with Gasteiger partial charge in [-0.25, -0.2) is 9.50 Å². The smallest absolute Gasteiger partial charge is 0.152 e. The van der Waals surface area contributed by atoms with Crippen LogP contribution in [-0.2, 0) is 4.74 Å². The first-order chi connectivity index (χ1) is 9.33. The molecular weight excluding hydrogens is 242 g/mol. The van der Waals surface area contributed by atoms with Gasteiger partial charge < -0.3 is 10.1 Å². The van der Waals surface area contributed by atoms with Gasteiger partial charge in [0.1, 0.15) is 5.52 Å². The average Bonchev–Trinajstić information content (AvgIpc) is 2.81. The van der Waals surface area contributed by atoms with E-state index in [1.54, 1.807) is 6.20 Å². The Hall–Kier alpha value is -1.66. The Kier molecular flexibility index (Phi) is 3.61. The zero-order valence-electron chi connectivity index (χ0n) is 11.2. The topological polar surface area (TPSA) is 54.7 Å². The lowest BCUT2D eigenvalue weighted by molar-refractivity contribution is 0.0398. The van der Waals surface area contributed by atoms with Gasteiger partial charge in [0.25, 0.3) is 0 Å². The summed E-state index contributed by atoms with van der Waals surface area (Å²) in [5.41, 5.74) is 2.03. The number of nitrogens with zero attached hydrogens (tertiary/aromatic N) is 4. The number of anilines is 1. The number of hydrogen-bond acceptors (Lipinski definition) is 5. The second-order valence-electron chi connectivity index (χ2n) is 4.77. The van der Waals surface area contributed by atoms with Crippen LogP contribution in [0.4, 0.5) is 5.82 Å². The molecule has 102 valence electrons. The fourth-order valence-corrected chi connectivity index (χ4v) is 2.34. The predicted molar refractivity (Wildman–Crippen MR) is 73.5 cm³/mol. The van der Waals surface area contributed by atoms with Crippen molar-refractivity contribution in [3.63, 3.8) is 0 Å². The van der Waals surface area contributed by atoms with E-state index in [2.05, 4.69) is 20.3 Å². The number of nitrogens with one attached hydrogen (secondary N) is 1. The van der Waals surface area contributed by atoms with Gasteiger partial charge in [-0.3, -0.25) is 4.90 Å². The quantitative estimate of drug-likeness (QED) is 0.881. The van der Waals surface area contributed by atoms with E-state index < -0.39 is 0 Å². The molecule has 19 heavy (non-hydrogen) atoms. The molecule has 2 aromatic rings. The number of aryl methyl sites for hydroxylation is 1. The third-order valence-corrected chi connectivity index (χ3v) is 3.34. The molecule has 0 bridgehead atoms. The molecule has 0 atom stereocenters. The van der Waals surface area contributed by atoms with Gasteiger partial charge >= 0.3 is 0 Å². The van der Waals surface area contributed by atoms with E-state index in [1.807, 2.05) is 23.7 Å². The molecule has 0 aliphatic carbocycles. The highest BCUT2D eigenvalue weighted by atomic mass is 16.5. The summed E-state index contributed by atoms with van der Waals surface area (Å²) in [6, 6.07) is 2.05.